The van der Waals surface area contributed by atoms with Crippen LogP contribution in [0.2, 0.25) is 0 Å². The van der Waals surface area contributed by atoms with Crippen molar-refractivity contribution in [3.05, 3.63) is 29.6 Å². The van der Waals surface area contributed by atoms with E-state index >= 15 is 0 Å². The second-order valence-corrected chi connectivity index (χ2v) is 3.61. The van der Waals surface area contributed by atoms with Crippen molar-refractivity contribution in [3.8, 4) is 0 Å². The zero-order valence-electron chi connectivity index (χ0n) is 9.13. The molecule has 90 valence electrons. The molecule has 1 aliphatic rings. The van der Waals surface area contributed by atoms with Crippen LogP contribution in [0.5, 0.6) is 0 Å². The average Bonchev–Trinajstić information content (AvgIpc) is 2.39. The van der Waals surface area contributed by atoms with Gasteiger partial charge in [-0.1, -0.05) is 0 Å². The van der Waals surface area contributed by atoms with E-state index in [-0.39, 0.29) is 17.2 Å². The SMILES string of the molecule is O=C(O)c1cccnc1C(=O)N1CCOCC1. The molecule has 0 atom stereocenters. The summed E-state index contributed by atoms with van der Waals surface area (Å²) in [4.78, 5) is 28.5. The summed E-state index contributed by atoms with van der Waals surface area (Å²) >= 11 is 0. The fourth-order valence-corrected chi connectivity index (χ4v) is 1.66. The highest BCUT2D eigenvalue weighted by molar-refractivity contribution is 6.03. The van der Waals surface area contributed by atoms with Crippen LogP contribution in [0.3, 0.4) is 0 Å². The van der Waals surface area contributed by atoms with E-state index in [1.54, 1.807) is 4.90 Å². The highest BCUT2D eigenvalue weighted by Crippen LogP contribution is 2.10. The third-order valence-electron chi connectivity index (χ3n) is 2.54. The van der Waals surface area contributed by atoms with Crippen molar-refractivity contribution < 1.29 is 19.4 Å². The van der Waals surface area contributed by atoms with Crippen molar-refractivity contribution >= 4 is 11.9 Å². The van der Waals surface area contributed by atoms with Crippen molar-refractivity contribution in [2.75, 3.05) is 26.3 Å². The molecule has 1 aromatic rings. The molecular weight excluding hydrogens is 224 g/mol. The number of carbonyl (C=O) groups is 2. The lowest BCUT2D eigenvalue weighted by atomic mass is 10.1. The molecule has 1 saturated heterocycles. The zero-order chi connectivity index (χ0) is 12.3. The minimum atomic E-state index is -1.14. The van der Waals surface area contributed by atoms with Gasteiger partial charge in [0.2, 0.25) is 0 Å². The van der Waals surface area contributed by atoms with Crippen LogP contribution in [0.25, 0.3) is 0 Å². The number of pyridine rings is 1. The Labute approximate surface area is 97.8 Å². The molecule has 0 aliphatic carbocycles. The molecule has 1 amide bonds. The number of hydrogen-bond donors (Lipinski definition) is 1. The molecule has 0 bridgehead atoms. The van der Waals surface area contributed by atoms with E-state index in [1.165, 1.54) is 18.3 Å². The molecule has 1 fully saturated rings. The van der Waals surface area contributed by atoms with Crippen LogP contribution in [0.1, 0.15) is 20.8 Å². The van der Waals surface area contributed by atoms with Gasteiger partial charge >= 0.3 is 5.97 Å². The smallest absolute Gasteiger partial charge is 0.338 e. The van der Waals surface area contributed by atoms with E-state index in [0.29, 0.717) is 26.3 Å². The minimum Gasteiger partial charge on any atom is -0.478 e. The average molecular weight is 236 g/mol. The van der Waals surface area contributed by atoms with Gasteiger partial charge in [0.05, 0.1) is 18.8 Å². The predicted molar refractivity (Wildman–Crippen MR) is 57.9 cm³/mol. The lowest BCUT2D eigenvalue weighted by Crippen LogP contribution is -2.41. The molecule has 2 rings (SSSR count). The molecule has 1 aliphatic heterocycles. The standard InChI is InChI=1S/C11H12N2O4/c14-10(13-4-6-17-7-5-13)9-8(11(15)16)2-1-3-12-9/h1-3H,4-7H2,(H,15,16). The van der Waals surface area contributed by atoms with E-state index in [1.807, 2.05) is 0 Å². The third kappa shape index (κ3) is 2.42. The van der Waals surface area contributed by atoms with Gasteiger partial charge in [-0.15, -0.1) is 0 Å². The van der Waals surface area contributed by atoms with Gasteiger partial charge < -0.3 is 14.7 Å². The first-order valence-corrected chi connectivity index (χ1v) is 5.25. The Kier molecular flexibility index (Phi) is 3.34. The second kappa shape index (κ2) is 4.92. The number of hydrogen-bond acceptors (Lipinski definition) is 4. The van der Waals surface area contributed by atoms with Crippen molar-refractivity contribution in [1.82, 2.24) is 9.88 Å². The van der Waals surface area contributed by atoms with Gasteiger partial charge in [-0.25, -0.2) is 4.79 Å². The molecule has 0 aromatic carbocycles. The van der Waals surface area contributed by atoms with Gasteiger partial charge in [-0.2, -0.15) is 0 Å². The van der Waals surface area contributed by atoms with Crippen LogP contribution in [0.15, 0.2) is 18.3 Å². The van der Waals surface area contributed by atoms with E-state index < -0.39 is 5.97 Å². The quantitative estimate of drug-likeness (QED) is 0.796. The van der Waals surface area contributed by atoms with Crippen molar-refractivity contribution in [1.29, 1.82) is 0 Å². The Morgan fingerprint density at radius 1 is 1.35 bits per heavy atom. The molecule has 0 unspecified atom stereocenters. The van der Waals surface area contributed by atoms with Crippen LogP contribution >= 0.6 is 0 Å². The van der Waals surface area contributed by atoms with Crippen molar-refractivity contribution in [2.24, 2.45) is 0 Å². The first kappa shape index (κ1) is 11.5. The molecule has 2 heterocycles. The number of rotatable bonds is 2. The second-order valence-electron chi connectivity index (χ2n) is 3.61. The molecule has 17 heavy (non-hydrogen) atoms. The van der Waals surface area contributed by atoms with Gasteiger partial charge in [0.1, 0.15) is 5.69 Å². The number of aromatic carboxylic acids is 1. The summed E-state index contributed by atoms with van der Waals surface area (Å²) in [6.45, 7) is 1.88. The van der Waals surface area contributed by atoms with Gasteiger partial charge in [0, 0.05) is 19.3 Å². The monoisotopic (exact) mass is 236 g/mol. The van der Waals surface area contributed by atoms with Crippen LogP contribution < -0.4 is 0 Å². The first-order valence-electron chi connectivity index (χ1n) is 5.25. The molecule has 1 aromatic heterocycles. The minimum absolute atomic E-state index is 0.0121. The van der Waals surface area contributed by atoms with Crippen molar-refractivity contribution in [2.45, 2.75) is 0 Å². The van der Waals surface area contributed by atoms with E-state index in [9.17, 15) is 9.59 Å². The van der Waals surface area contributed by atoms with E-state index in [4.69, 9.17) is 9.84 Å². The Hall–Kier alpha value is -1.95. The van der Waals surface area contributed by atoms with E-state index in [2.05, 4.69) is 4.98 Å². The fraction of sp³-hybridized carbons (Fsp3) is 0.364. The number of carboxylic acid groups (broad SMARTS) is 1. The van der Waals surface area contributed by atoms with Crippen LogP contribution in [0, 0.1) is 0 Å². The fourth-order valence-electron chi connectivity index (χ4n) is 1.66. The number of carboxylic acids is 1. The number of amides is 1. The Bertz CT molecular complexity index is 441. The number of morpholine rings is 1. The topological polar surface area (TPSA) is 79.7 Å². The predicted octanol–water partition coefficient (Wildman–Crippen LogP) is 0.252. The number of ether oxygens (including phenoxy) is 1. The molecular formula is C11H12N2O4. The molecule has 1 N–H and O–H groups in total. The highest BCUT2D eigenvalue weighted by atomic mass is 16.5. The maximum atomic E-state index is 12.1. The van der Waals surface area contributed by atoms with Crippen LogP contribution in [0.4, 0.5) is 0 Å². The van der Waals surface area contributed by atoms with Gasteiger partial charge in [0.25, 0.3) is 5.91 Å². The number of carbonyl (C=O) groups excluding carboxylic acids is 1. The Balaban J connectivity index is 2.26. The highest BCUT2D eigenvalue weighted by Gasteiger charge is 2.24. The van der Waals surface area contributed by atoms with Crippen LogP contribution in [-0.4, -0.2) is 53.2 Å². The largest absolute Gasteiger partial charge is 0.478 e. The zero-order valence-corrected chi connectivity index (χ0v) is 9.13. The van der Waals surface area contributed by atoms with Crippen LogP contribution in [-0.2, 0) is 4.74 Å². The summed E-state index contributed by atoms with van der Waals surface area (Å²) < 4.78 is 5.13. The summed E-state index contributed by atoms with van der Waals surface area (Å²) in [5, 5.41) is 8.98. The molecule has 0 radical (unpaired) electrons. The first-order chi connectivity index (χ1) is 8.20. The maximum absolute atomic E-state index is 12.1. The maximum Gasteiger partial charge on any atom is 0.338 e. The molecule has 6 heteroatoms. The van der Waals surface area contributed by atoms with Gasteiger partial charge in [0.15, 0.2) is 0 Å². The van der Waals surface area contributed by atoms with Gasteiger partial charge in [-0.3, -0.25) is 9.78 Å². The summed E-state index contributed by atoms with van der Waals surface area (Å²) in [7, 11) is 0. The number of nitrogens with zero attached hydrogens (tertiary/aromatic N) is 2. The molecule has 0 saturated carbocycles. The lowest BCUT2D eigenvalue weighted by molar-refractivity contribution is 0.0296. The Morgan fingerprint density at radius 2 is 2.06 bits per heavy atom. The summed E-state index contributed by atoms with van der Waals surface area (Å²) in [5.41, 5.74) is -0.0779. The lowest BCUT2D eigenvalue weighted by Gasteiger charge is -2.26. The summed E-state index contributed by atoms with van der Waals surface area (Å²) in [5.74, 6) is -1.50. The summed E-state index contributed by atoms with van der Waals surface area (Å²) in [6, 6.07) is 2.88. The molecule has 6 nitrogen and oxygen atoms in total. The van der Waals surface area contributed by atoms with Crippen molar-refractivity contribution in [3.63, 3.8) is 0 Å². The normalized spacial score (nSPS) is 15.6. The third-order valence-corrected chi connectivity index (χ3v) is 2.54. The molecule has 0 spiro atoms. The van der Waals surface area contributed by atoms with E-state index in [0.717, 1.165) is 0 Å². The summed E-state index contributed by atoms with van der Waals surface area (Å²) in [6.07, 6.45) is 1.42. The number of aromatic nitrogens is 1. The Morgan fingerprint density at radius 3 is 2.71 bits per heavy atom. The van der Waals surface area contributed by atoms with Gasteiger partial charge in [-0.05, 0) is 12.1 Å².